The van der Waals surface area contributed by atoms with Crippen LogP contribution in [0.25, 0.3) is 11.0 Å². The van der Waals surface area contributed by atoms with Gasteiger partial charge in [0.15, 0.2) is 5.82 Å². The Morgan fingerprint density at radius 2 is 1.89 bits per heavy atom. The summed E-state index contributed by atoms with van der Waals surface area (Å²) in [6, 6.07) is 6.10. The molecule has 1 heterocycles. The first kappa shape index (κ1) is 14.5. The summed E-state index contributed by atoms with van der Waals surface area (Å²) in [6.45, 7) is 8.05. The minimum Gasteiger partial charge on any atom is -0.346 e. The van der Waals surface area contributed by atoms with Crippen molar-refractivity contribution in [3.63, 3.8) is 0 Å². The lowest BCUT2D eigenvalue weighted by molar-refractivity contribution is -0.146. The van der Waals surface area contributed by atoms with Crippen molar-refractivity contribution in [2.24, 2.45) is 0 Å². The molecule has 1 aromatic heterocycles. The van der Waals surface area contributed by atoms with E-state index in [0.717, 1.165) is 27.9 Å². The Labute approximate surface area is 121 Å². The van der Waals surface area contributed by atoms with Gasteiger partial charge < -0.3 is 14.0 Å². The molecule has 0 unspecified atom stereocenters. The van der Waals surface area contributed by atoms with Gasteiger partial charge in [-0.25, -0.2) is 4.98 Å². The third-order valence-electron chi connectivity index (χ3n) is 2.90. The smallest absolute Gasteiger partial charge is 0.217 e. The van der Waals surface area contributed by atoms with E-state index in [9.17, 15) is 0 Å². The second-order valence-electron chi connectivity index (χ2n) is 4.09. The molecular formula is C14H19BrN2O2. The molecule has 1 aromatic carbocycles. The second kappa shape index (κ2) is 6.50. The number of hydrogen-bond acceptors (Lipinski definition) is 3. The Kier molecular flexibility index (Phi) is 4.96. The number of benzene rings is 1. The molecule has 4 nitrogen and oxygen atoms in total. The van der Waals surface area contributed by atoms with E-state index in [1.165, 1.54) is 0 Å². The van der Waals surface area contributed by atoms with Crippen molar-refractivity contribution in [3.8, 4) is 0 Å². The molecule has 0 saturated carbocycles. The van der Waals surface area contributed by atoms with Gasteiger partial charge >= 0.3 is 0 Å². The third kappa shape index (κ3) is 2.99. The first-order chi connectivity index (χ1) is 9.21. The van der Waals surface area contributed by atoms with E-state index in [1.54, 1.807) is 0 Å². The fraction of sp³-hybridized carbons (Fsp3) is 0.500. The van der Waals surface area contributed by atoms with Gasteiger partial charge in [-0.3, -0.25) is 0 Å². The predicted octanol–water partition coefficient (Wildman–Crippen LogP) is 3.89. The Balaban J connectivity index is 2.51. The molecule has 0 amide bonds. The molecule has 0 atom stereocenters. The number of ether oxygens (including phenoxy) is 2. The number of aryl methyl sites for hydroxylation is 1. The molecule has 0 N–H and O–H groups in total. The summed E-state index contributed by atoms with van der Waals surface area (Å²) >= 11 is 3.47. The lowest BCUT2D eigenvalue weighted by atomic mass is 10.3. The van der Waals surface area contributed by atoms with E-state index in [-0.39, 0.29) is 0 Å². The molecule has 0 fully saturated rings. The predicted molar refractivity (Wildman–Crippen MR) is 79.1 cm³/mol. The zero-order valence-corrected chi connectivity index (χ0v) is 13.1. The maximum Gasteiger partial charge on any atom is 0.217 e. The fourth-order valence-corrected chi connectivity index (χ4v) is 2.48. The van der Waals surface area contributed by atoms with Gasteiger partial charge in [0.1, 0.15) is 0 Å². The number of nitrogens with zero attached hydrogens (tertiary/aromatic N) is 2. The van der Waals surface area contributed by atoms with Crippen LogP contribution < -0.4 is 0 Å². The molecule has 0 aliphatic heterocycles. The number of halogens is 1. The van der Waals surface area contributed by atoms with Gasteiger partial charge in [-0.05, 0) is 39.0 Å². The summed E-state index contributed by atoms with van der Waals surface area (Å²) in [6.07, 6.45) is -0.402. The summed E-state index contributed by atoms with van der Waals surface area (Å²) in [4.78, 5) is 4.66. The van der Waals surface area contributed by atoms with E-state index < -0.39 is 6.29 Å². The lowest BCUT2D eigenvalue weighted by Crippen LogP contribution is -2.15. The first-order valence-corrected chi connectivity index (χ1v) is 7.39. The molecule has 0 aliphatic rings. The SMILES string of the molecule is CCOC(OCC)c1nc2cc(Br)ccc2n1CC. The molecule has 104 valence electrons. The van der Waals surface area contributed by atoms with Crippen LogP contribution in [-0.2, 0) is 16.0 Å². The molecule has 0 spiro atoms. The molecule has 0 bridgehead atoms. The second-order valence-corrected chi connectivity index (χ2v) is 5.01. The van der Waals surface area contributed by atoms with Crippen LogP contribution in [-0.4, -0.2) is 22.8 Å². The summed E-state index contributed by atoms with van der Waals surface area (Å²) in [5, 5.41) is 0. The van der Waals surface area contributed by atoms with Gasteiger partial charge in [0.25, 0.3) is 0 Å². The van der Waals surface area contributed by atoms with E-state index in [1.807, 2.05) is 26.0 Å². The highest BCUT2D eigenvalue weighted by atomic mass is 79.9. The Bertz CT molecular complexity index is 548. The summed E-state index contributed by atoms with van der Waals surface area (Å²) < 4.78 is 14.5. The van der Waals surface area contributed by atoms with Crippen molar-refractivity contribution in [3.05, 3.63) is 28.5 Å². The fourth-order valence-electron chi connectivity index (χ4n) is 2.13. The number of fused-ring (bicyclic) bond motifs is 1. The molecule has 0 saturated heterocycles. The third-order valence-corrected chi connectivity index (χ3v) is 3.40. The van der Waals surface area contributed by atoms with Crippen LogP contribution in [0.2, 0.25) is 0 Å². The standard InChI is InChI=1S/C14H19BrN2O2/c1-4-17-12-8-7-10(15)9-11(12)16-13(17)14(18-5-2)19-6-3/h7-9,14H,4-6H2,1-3H3. The molecule has 2 aromatic rings. The molecule has 5 heteroatoms. The van der Waals surface area contributed by atoms with Gasteiger partial charge in [0.2, 0.25) is 6.29 Å². The Morgan fingerprint density at radius 1 is 1.21 bits per heavy atom. The van der Waals surface area contributed by atoms with Crippen LogP contribution >= 0.6 is 15.9 Å². The van der Waals surface area contributed by atoms with Crippen LogP contribution in [0.15, 0.2) is 22.7 Å². The van der Waals surface area contributed by atoms with Gasteiger partial charge in [-0.15, -0.1) is 0 Å². The number of imidazole rings is 1. The van der Waals surface area contributed by atoms with Crippen molar-refractivity contribution < 1.29 is 9.47 Å². The van der Waals surface area contributed by atoms with Crippen LogP contribution in [0.1, 0.15) is 32.9 Å². The average Bonchev–Trinajstić information content (AvgIpc) is 2.75. The lowest BCUT2D eigenvalue weighted by Gasteiger charge is -2.17. The number of hydrogen-bond donors (Lipinski definition) is 0. The van der Waals surface area contributed by atoms with E-state index >= 15 is 0 Å². The zero-order valence-electron chi connectivity index (χ0n) is 11.5. The van der Waals surface area contributed by atoms with Crippen molar-refractivity contribution in [2.75, 3.05) is 13.2 Å². The van der Waals surface area contributed by atoms with Crippen molar-refractivity contribution >= 4 is 27.0 Å². The maximum absolute atomic E-state index is 5.65. The molecule has 0 radical (unpaired) electrons. The van der Waals surface area contributed by atoms with Crippen molar-refractivity contribution in [1.29, 1.82) is 0 Å². The van der Waals surface area contributed by atoms with E-state index in [0.29, 0.717) is 13.2 Å². The normalized spacial score (nSPS) is 11.6. The van der Waals surface area contributed by atoms with Crippen LogP contribution in [0.5, 0.6) is 0 Å². The maximum atomic E-state index is 5.65. The van der Waals surface area contributed by atoms with Crippen molar-refractivity contribution in [2.45, 2.75) is 33.6 Å². The van der Waals surface area contributed by atoms with E-state index in [2.05, 4.69) is 38.5 Å². The number of rotatable bonds is 6. The highest BCUT2D eigenvalue weighted by Gasteiger charge is 2.20. The summed E-state index contributed by atoms with van der Waals surface area (Å²) in [7, 11) is 0. The minimum atomic E-state index is -0.402. The highest BCUT2D eigenvalue weighted by molar-refractivity contribution is 9.10. The van der Waals surface area contributed by atoms with E-state index in [4.69, 9.17) is 9.47 Å². The van der Waals surface area contributed by atoms with Crippen LogP contribution in [0.3, 0.4) is 0 Å². The quantitative estimate of drug-likeness (QED) is 0.755. The molecule has 19 heavy (non-hydrogen) atoms. The largest absolute Gasteiger partial charge is 0.346 e. The van der Waals surface area contributed by atoms with Gasteiger partial charge in [0, 0.05) is 24.2 Å². The van der Waals surface area contributed by atoms with Crippen LogP contribution in [0.4, 0.5) is 0 Å². The van der Waals surface area contributed by atoms with Gasteiger partial charge in [-0.1, -0.05) is 15.9 Å². The summed E-state index contributed by atoms with van der Waals surface area (Å²) in [5.74, 6) is 0.833. The van der Waals surface area contributed by atoms with Gasteiger partial charge in [0.05, 0.1) is 11.0 Å². The molecule has 0 aliphatic carbocycles. The highest BCUT2D eigenvalue weighted by Crippen LogP contribution is 2.26. The Morgan fingerprint density at radius 3 is 2.47 bits per heavy atom. The monoisotopic (exact) mass is 326 g/mol. The molecule has 2 rings (SSSR count). The van der Waals surface area contributed by atoms with Crippen LogP contribution in [0, 0.1) is 0 Å². The van der Waals surface area contributed by atoms with Crippen molar-refractivity contribution in [1.82, 2.24) is 9.55 Å². The topological polar surface area (TPSA) is 36.3 Å². The minimum absolute atomic E-state index is 0.402. The summed E-state index contributed by atoms with van der Waals surface area (Å²) in [5.41, 5.74) is 2.06. The number of aromatic nitrogens is 2. The van der Waals surface area contributed by atoms with Gasteiger partial charge in [-0.2, -0.15) is 0 Å². The average molecular weight is 327 g/mol. The first-order valence-electron chi connectivity index (χ1n) is 6.60. The zero-order chi connectivity index (χ0) is 13.8. The molecular weight excluding hydrogens is 308 g/mol. The Hall–Kier alpha value is -0.910.